The normalized spacial score (nSPS) is 28.7. The number of carbonyl (C=O) groups is 1. The highest BCUT2D eigenvalue weighted by Gasteiger charge is 2.59. The first-order valence-corrected chi connectivity index (χ1v) is 10.8. The smallest absolute Gasteiger partial charge is 0.223 e. The van der Waals surface area contributed by atoms with Gasteiger partial charge in [-0.3, -0.25) is 4.79 Å². The van der Waals surface area contributed by atoms with Crippen molar-refractivity contribution in [1.82, 2.24) is 10.3 Å². The molecule has 1 aromatic heterocycles. The standard InChI is InChI=1S/C20H33N3O2S/c1-6-20(7-2)16(14(4)17(20)25-5)22-18(24)15-8-10-23(11-9-15)19-21-13(3)12-26-19/h12,14-17H,6-11H2,1-5H3,(H,22,24)/t14-,16+,17+/m0/s1. The van der Waals surface area contributed by atoms with Crippen LogP contribution in [-0.4, -0.2) is 43.2 Å². The second-order valence-electron chi connectivity index (χ2n) is 7.97. The van der Waals surface area contributed by atoms with Crippen molar-refractivity contribution in [2.75, 3.05) is 25.1 Å². The molecule has 1 aromatic rings. The van der Waals surface area contributed by atoms with Gasteiger partial charge in [-0.05, 0) is 32.6 Å². The summed E-state index contributed by atoms with van der Waals surface area (Å²) < 4.78 is 5.75. The van der Waals surface area contributed by atoms with Crippen LogP contribution in [0.2, 0.25) is 0 Å². The molecule has 1 saturated carbocycles. The van der Waals surface area contributed by atoms with E-state index in [1.807, 2.05) is 6.92 Å². The Balaban J connectivity index is 1.57. The highest BCUT2D eigenvalue weighted by molar-refractivity contribution is 7.13. The second kappa shape index (κ2) is 7.85. The van der Waals surface area contributed by atoms with Crippen LogP contribution in [0.5, 0.6) is 0 Å². The molecule has 26 heavy (non-hydrogen) atoms. The number of thiazole rings is 1. The number of hydrogen-bond donors (Lipinski definition) is 1. The first-order chi connectivity index (χ1) is 12.5. The number of nitrogens with zero attached hydrogens (tertiary/aromatic N) is 2. The fourth-order valence-corrected chi connectivity index (χ4v) is 6.04. The number of hydrogen-bond acceptors (Lipinski definition) is 5. The van der Waals surface area contributed by atoms with E-state index in [-0.39, 0.29) is 29.4 Å². The average Bonchev–Trinajstić information content (AvgIpc) is 3.10. The fraction of sp³-hybridized carbons (Fsp3) is 0.800. The van der Waals surface area contributed by atoms with Crippen molar-refractivity contribution >= 4 is 22.4 Å². The molecule has 2 fully saturated rings. The van der Waals surface area contributed by atoms with Crippen LogP contribution >= 0.6 is 11.3 Å². The molecule has 2 heterocycles. The molecule has 2 aliphatic rings. The Bertz CT molecular complexity index is 620. The summed E-state index contributed by atoms with van der Waals surface area (Å²) in [6.07, 6.45) is 4.14. The molecule has 0 spiro atoms. The highest BCUT2D eigenvalue weighted by Crippen LogP contribution is 2.52. The lowest BCUT2D eigenvalue weighted by molar-refractivity contribution is -0.173. The summed E-state index contributed by atoms with van der Waals surface area (Å²) >= 11 is 1.70. The highest BCUT2D eigenvalue weighted by atomic mass is 32.1. The molecule has 1 aliphatic heterocycles. The Kier molecular flexibility index (Phi) is 5.92. The molecule has 5 nitrogen and oxygen atoms in total. The van der Waals surface area contributed by atoms with E-state index < -0.39 is 0 Å². The third kappa shape index (κ3) is 3.26. The van der Waals surface area contributed by atoms with Crippen molar-refractivity contribution in [2.24, 2.45) is 17.3 Å². The number of aryl methyl sites for hydroxylation is 1. The van der Waals surface area contributed by atoms with Gasteiger partial charge in [0.05, 0.1) is 11.8 Å². The van der Waals surface area contributed by atoms with Gasteiger partial charge < -0.3 is 15.0 Å². The fourth-order valence-electron chi connectivity index (χ4n) is 5.19. The van der Waals surface area contributed by atoms with Gasteiger partial charge in [0.2, 0.25) is 5.91 Å². The topological polar surface area (TPSA) is 54.5 Å². The Morgan fingerprint density at radius 3 is 2.54 bits per heavy atom. The lowest BCUT2D eigenvalue weighted by atomic mass is 9.53. The number of piperidine rings is 1. The molecule has 0 unspecified atom stereocenters. The minimum atomic E-state index is 0.0863. The zero-order valence-corrected chi connectivity index (χ0v) is 17.6. The molecule has 1 N–H and O–H groups in total. The minimum absolute atomic E-state index is 0.0863. The van der Waals surface area contributed by atoms with Gasteiger partial charge in [-0.25, -0.2) is 4.98 Å². The molecule has 1 aliphatic carbocycles. The molecule has 146 valence electrons. The van der Waals surface area contributed by atoms with Crippen LogP contribution in [0.15, 0.2) is 5.38 Å². The largest absolute Gasteiger partial charge is 0.380 e. The van der Waals surface area contributed by atoms with Crippen LogP contribution in [0.25, 0.3) is 0 Å². The van der Waals surface area contributed by atoms with Gasteiger partial charge in [0.1, 0.15) is 0 Å². The van der Waals surface area contributed by atoms with Gasteiger partial charge in [-0.1, -0.05) is 20.8 Å². The number of methoxy groups -OCH3 is 1. The number of nitrogens with one attached hydrogen (secondary N) is 1. The maximum absolute atomic E-state index is 12.9. The van der Waals surface area contributed by atoms with Crippen LogP contribution in [-0.2, 0) is 9.53 Å². The van der Waals surface area contributed by atoms with Crippen LogP contribution < -0.4 is 10.2 Å². The molecule has 3 atom stereocenters. The van der Waals surface area contributed by atoms with Gasteiger partial charge in [-0.2, -0.15) is 0 Å². The lowest BCUT2D eigenvalue weighted by Gasteiger charge is -2.60. The third-order valence-electron chi connectivity index (χ3n) is 6.80. The maximum atomic E-state index is 12.9. The van der Waals surface area contributed by atoms with Crippen molar-refractivity contribution in [3.8, 4) is 0 Å². The van der Waals surface area contributed by atoms with E-state index >= 15 is 0 Å². The Hall–Kier alpha value is -1.14. The number of anilines is 1. The van der Waals surface area contributed by atoms with Gasteiger partial charge in [0.25, 0.3) is 0 Å². The summed E-state index contributed by atoms with van der Waals surface area (Å²) in [6.45, 7) is 10.5. The molecule has 0 bridgehead atoms. The molecule has 1 amide bonds. The zero-order valence-electron chi connectivity index (χ0n) is 16.7. The van der Waals surface area contributed by atoms with Crippen molar-refractivity contribution < 1.29 is 9.53 Å². The molecule has 6 heteroatoms. The first-order valence-electron chi connectivity index (χ1n) is 9.97. The average molecular weight is 380 g/mol. The van der Waals surface area contributed by atoms with E-state index in [4.69, 9.17) is 4.74 Å². The van der Waals surface area contributed by atoms with Gasteiger partial charge in [0.15, 0.2) is 5.13 Å². The predicted octanol–water partition coefficient (Wildman–Crippen LogP) is 3.62. The minimum Gasteiger partial charge on any atom is -0.380 e. The second-order valence-corrected chi connectivity index (χ2v) is 8.81. The van der Waals surface area contributed by atoms with Gasteiger partial charge in [-0.15, -0.1) is 11.3 Å². The zero-order chi connectivity index (χ0) is 18.9. The molecular weight excluding hydrogens is 346 g/mol. The number of ether oxygens (including phenoxy) is 1. The number of carbonyl (C=O) groups excluding carboxylic acids is 1. The summed E-state index contributed by atoms with van der Waals surface area (Å²) in [7, 11) is 1.80. The molecule has 0 aromatic carbocycles. The van der Waals surface area contributed by atoms with Gasteiger partial charge in [0, 0.05) is 48.9 Å². The number of rotatable bonds is 6. The van der Waals surface area contributed by atoms with Crippen molar-refractivity contribution in [2.45, 2.75) is 65.5 Å². The van der Waals surface area contributed by atoms with Crippen molar-refractivity contribution in [1.29, 1.82) is 0 Å². The first kappa shape index (κ1) is 19.6. The van der Waals surface area contributed by atoms with Gasteiger partial charge >= 0.3 is 0 Å². The van der Waals surface area contributed by atoms with E-state index in [1.54, 1.807) is 18.4 Å². The molecule has 0 radical (unpaired) electrons. The van der Waals surface area contributed by atoms with Crippen LogP contribution in [0.1, 0.15) is 52.1 Å². The Morgan fingerprint density at radius 1 is 1.38 bits per heavy atom. The summed E-state index contributed by atoms with van der Waals surface area (Å²) in [4.78, 5) is 19.8. The third-order valence-corrected chi connectivity index (χ3v) is 7.82. The summed E-state index contributed by atoms with van der Waals surface area (Å²) in [6, 6.07) is 0.231. The maximum Gasteiger partial charge on any atom is 0.223 e. The van der Waals surface area contributed by atoms with Crippen molar-refractivity contribution in [3.63, 3.8) is 0 Å². The quantitative estimate of drug-likeness (QED) is 0.820. The number of aromatic nitrogens is 1. The lowest BCUT2D eigenvalue weighted by Crippen LogP contribution is -2.70. The van der Waals surface area contributed by atoms with Crippen LogP contribution in [0, 0.1) is 24.2 Å². The van der Waals surface area contributed by atoms with Crippen LogP contribution in [0.3, 0.4) is 0 Å². The molecular formula is C20H33N3O2S. The van der Waals surface area contributed by atoms with E-state index in [0.717, 1.165) is 49.6 Å². The van der Waals surface area contributed by atoms with E-state index in [2.05, 4.69) is 41.4 Å². The Labute approximate surface area is 161 Å². The van der Waals surface area contributed by atoms with E-state index in [0.29, 0.717) is 5.92 Å². The molecule has 3 rings (SSSR count). The van der Waals surface area contributed by atoms with E-state index in [9.17, 15) is 4.79 Å². The summed E-state index contributed by atoms with van der Waals surface area (Å²) in [5, 5.41) is 6.58. The summed E-state index contributed by atoms with van der Waals surface area (Å²) in [5.41, 5.74) is 1.16. The summed E-state index contributed by atoms with van der Waals surface area (Å²) in [5.74, 6) is 0.729. The Morgan fingerprint density at radius 2 is 2.04 bits per heavy atom. The SMILES string of the molecule is CCC1(CC)[C@H](NC(=O)C2CCN(c3nc(C)cs3)CC2)[C@H](C)[C@H]1OC. The number of amides is 1. The van der Waals surface area contributed by atoms with Crippen LogP contribution in [0.4, 0.5) is 5.13 Å². The van der Waals surface area contributed by atoms with E-state index in [1.165, 1.54) is 0 Å². The van der Waals surface area contributed by atoms with Crippen molar-refractivity contribution in [3.05, 3.63) is 11.1 Å². The predicted molar refractivity (Wildman–Crippen MR) is 107 cm³/mol. The molecule has 1 saturated heterocycles. The monoisotopic (exact) mass is 379 g/mol.